The predicted octanol–water partition coefficient (Wildman–Crippen LogP) is 0.816. The lowest BCUT2D eigenvalue weighted by atomic mass is 10.1. The maximum absolute atomic E-state index is 12.9. The average Bonchev–Trinajstić information content (AvgIpc) is 3.55. The van der Waals surface area contributed by atoms with Crippen molar-refractivity contribution < 1.29 is 14.2 Å². The second-order valence-corrected chi connectivity index (χ2v) is 7.60. The lowest BCUT2D eigenvalue weighted by molar-refractivity contribution is 0.0949. The second-order valence-electron chi connectivity index (χ2n) is 6.65. The fraction of sp³-hybridized carbons (Fsp3) is 0.222. The van der Waals surface area contributed by atoms with Crippen LogP contribution in [-0.2, 0) is 12.8 Å². The molecule has 0 unspecified atom stereocenters. The van der Waals surface area contributed by atoms with E-state index in [1.807, 2.05) is 24.3 Å². The lowest BCUT2D eigenvalue weighted by Gasteiger charge is -2.06. The third-order valence-electron chi connectivity index (χ3n) is 4.49. The van der Waals surface area contributed by atoms with E-state index in [1.165, 1.54) is 16.4 Å². The Labute approximate surface area is 191 Å². The number of aryl methyl sites for hydroxylation is 1. The fourth-order valence-corrected chi connectivity index (χ4v) is 3.63. The van der Waals surface area contributed by atoms with Gasteiger partial charge in [0.05, 0.1) is 18.5 Å². The number of hydrogen-bond donors (Lipinski definition) is 2. The molecule has 0 fully saturated rings. The average molecular weight is 469 g/mol. The molecule has 0 saturated heterocycles. The normalized spacial score (nSPS) is 11.5. The number of nitrogen functional groups attached to an aromatic ring is 1. The van der Waals surface area contributed by atoms with Crippen LogP contribution in [0.4, 0.5) is 5.82 Å². The summed E-state index contributed by atoms with van der Waals surface area (Å²) in [5.41, 5.74) is 10.1. The number of benzene rings is 1. The summed E-state index contributed by atoms with van der Waals surface area (Å²) < 4.78 is 12.9. The summed E-state index contributed by atoms with van der Waals surface area (Å²) in [6, 6.07) is 7.32. The Morgan fingerprint density at radius 1 is 1.33 bits per heavy atom. The summed E-state index contributed by atoms with van der Waals surface area (Å²) in [6.45, 7) is 1.76. The standard InChI is InChI=1S/C18H19N11O3S/c1-10(11-5-4-6-12(7-11)31-3)21-23-17(30)14-13(8-33-18-24-20-9-28(18)2)29(27-22-14)16-15(19)25-32-26-16/h4-7,9H,8H2,1-3H3,(H2,19,25)(H,23,30)/b21-10+. The third-order valence-corrected chi connectivity index (χ3v) is 5.54. The Morgan fingerprint density at radius 2 is 2.18 bits per heavy atom. The van der Waals surface area contributed by atoms with Gasteiger partial charge in [0.1, 0.15) is 12.1 Å². The molecule has 3 N–H and O–H groups in total. The number of hydrazone groups is 1. The Morgan fingerprint density at radius 3 is 2.88 bits per heavy atom. The van der Waals surface area contributed by atoms with Gasteiger partial charge in [-0.2, -0.15) is 9.78 Å². The minimum absolute atomic E-state index is 0.00339. The zero-order valence-corrected chi connectivity index (χ0v) is 18.6. The number of thioether (sulfide) groups is 1. The maximum atomic E-state index is 12.9. The van der Waals surface area contributed by atoms with Gasteiger partial charge in [-0.1, -0.05) is 29.1 Å². The molecule has 0 saturated carbocycles. The molecule has 33 heavy (non-hydrogen) atoms. The Hall–Kier alpha value is -4.27. The third kappa shape index (κ3) is 4.67. The number of hydrogen-bond acceptors (Lipinski definition) is 12. The molecule has 3 heterocycles. The summed E-state index contributed by atoms with van der Waals surface area (Å²) >= 11 is 1.32. The van der Waals surface area contributed by atoms with E-state index in [1.54, 1.807) is 32.0 Å². The van der Waals surface area contributed by atoms with Crippen LogP contribution in [0.5, 0.6) is 5.75 Å². The first-order chi connectivity index (χ1) is 16.0. The molecule has 0 atom stereocenters. The topological polar surface area (TPSA) is 177 Å². The Bertz CT molecular complexity index is 1310. The van der Waals surface area contributed by atoms with Gasteiger partial charge >= 0.3 is 0 Å². The van der Waals surface area contributed by atoms with Gasteiger partial charge in [0.15, 0.2) is 10.9 Å². The summed E-state index contributed by atoms with van der Waals surface area (Å²) in [5.74, 6) is 0.493. The van der Waals surface area contributed by atoms with Crippen LogP contribution in [0.1, 0.15) is 28.7 Å². The highest BCUT2D eigenvalue weighted by atomic mass is 32.2. The number of methoxy groups -OCH3 is 1. The molecule has 0 bridgehead atoms. The zero-order valence-electron chi connectivity index (χ0n) is 17.8. The van der Waals surface area contributed by atoms with Gasteiger partial charge in [-0.3, -0.25) is 4.79 Å². The van der Waals surface area contributed by atoms with Crippen molar-refractivity contribution in [2.45, 2.75) is 17.8 Å². The van der Waals surface area contributed by atoms with E-state index in [9.17, 15) is 4.79 Å². The van der Waals surface area contributed by atoms with Gasteiger partial charge in [0.2, 0.25) is 11.6 Å². The monoisotopic (exact) mass is 469 g/mol. The van der Waals surface area contributed by atoms with Gasteiger partial charge in [0.25, 0.3) is 5.91 Å². The second kappa shape index (κ2) is 9.47. The van der Waals surface area contributed by atoms with Crippen LogP contribution >= 0.6 is 11.8 Å². The van der Waals surface area contributed by atoms with Crippen LogP contribution in [0.2, 0.25) is 0 Å². The summed E-state index contributed by atoms with van der Waals surface area (Å²) in [4.78, 5) is 12.9. The van der Waals surface area contributed by atoms with Gasteiger partial charge in [-0.15, -0.1) is 15.3 Å². The van der Waals surface area contributed by atoms with E-state index in [0.29, 0.717) is 22.3 Å². The van der Waals surface area contributed by atoms with Gasteiger partial charge < -0.3 is 15.0 Å². The molecule has 0 aliphatic rings. The number of anilines is 1. The first-order valence-electron chi connectivity index (χ1n) is 9.46. The molecule has 0 aliphatic heterocycles. The summed E-state index contributed by atoms with van der Waals surface area (Å²) in [7, 11) is 3.38. The smallest absolute Gasteiger partial charge is 0.293 e. The van der Waals surface area contributed by atoms with Crippen molar-refractivity contribution in [2.24, 2.45) is 12.1 Å². The van der Waals surface area contributed by atoms with Crippen molar-refractivity contribution in [2.75, 3.05) is 12.8 Å². The number of carbonyl (C=O) groups excluding carboxylic acids is 1. The number of aromatic nitrogens is 8. The minimum atomic E-state index is -0.563. The number of nitrogens with one attached hydrogen (secondary N) is 1. The van der Waals surface area contributed by atoms with Crippen molar-refractivity contribution in [1.29, 1.82) is 0 Å². The van der Waals surface area contributed by atoms with Crippen LogP contribution in [0, 0.1) is 0 Å². The quantitative estimate of drug-likeness (QED) is 0.212. The van der Waals surface area contributed by atoms with E-state index >= 15 is 0 Å². The number of carbonyl (C=O) groups is 1. The molecule has 0 radical (unpaired) electrons. The largest absolute Gasteiger partial charge is 0.497 e. The van der Waals surface area contributed by atoms with E-state index in [-0.39, 0.29) is 23.1 Å². The van der Waals surface area contributed by atoms with Gasteiger partial charge in [0, 0.05) is 18.4 Å². The Balaban J connectivity index is 1.60. The molecule has 4 rings (SSSR count). The molecular weight excluding hydrogens is 450 g/mol. The number of ether oxygens (including phenoxy) is 1. The van der Waals surface area contributed by atoms with Crippen LogP contribution in [0.3, 0.4) is 0 Å². The highest BCUT2D eigenvalue weighted by molar-refractivity contribution is 7.98. The van der Waals surface area contributed by atoms with Gasteiger partial charge in [-0.05, 0) is 29.4 Å². The molecule has 0 aliphatic carbocycles. The summed E-state index contributed by atoms with van der Waals surface area (Å²) in [5, 5.41) is 28.0. The first-order valence-corrected chi connectivity index (χ1v) is 10.4. The molecule has 1 amide bonds. The van der Waals surface area contributed by atoms with Crippen molar-refractivity contribution in [3.8, 4) is 11.6 Å². The maximum Gasteiger partial charge on any atom is 0.293 e. The Kier molecular flexibility index (Phi) is 6.30. The predicted molar refractivity (Wildman–Crippen MR) is 117 cm³/mol. The number of nitrogens with two attached hydrogens (primary N) is 1. The van der Waals surface area contributed by atoms with Crippen LogP contribution < -0.4 is 15.9 Å². The van der Waals surface area contributed by atoms with Crippen molar-refractivity contribution in [1.82, 2.24) is 45.5 Å². The summed E-state index contributed by atoms with van der Waals surface area (Å²) in [6.07, 6.45) is 1.57. The van der Waals surface area contributed by atoms with E-state index in [2.05, 4.69) is 46.0 Å². The highest BCUT2D eigenvalue weighted by Gasteiger charge is 2.24. The molecule has 15 heteroatoms. The molecule has 1 aromatic carbocycles. The van der Waals surface area contributed by atoms with Crippen LogP contribution in [0.15, 0.2) is 45.5 Å². The first kappa shape index (κ1) is 21.9. The zero-order chi connectivity index (χ0) is 23.4. The van der Waals surface area contributed by atoms with Crippen molar-refractivity contribution in [3.05, 3.63) is 47.5 Å². The molecule has 0 spiro atoms. The van der Waals surface area contributed by atoms with E-state index in [4.69, 9.17) is 10.5 Å². The lowest BCUT2D eigenvalue weighted by Crippen LogP contribution is -2.21. The molecular formula is C18H19N11O3S. The SMILES string of the molecule is COc1cccc(/C(C)=N/NC(=O)c2nnn(-c3nonc3N)c2CSc2nncn2C)c1. The van der Waals surface area contributed by atoms with Crippen molar-refractivity contribution in [3.63, 3.8) is 0 Å². The van der Waals surface area contributed by atoms with Gasteiger partial charge in [-0.25, -0.2) is 10.1 Å². The van der Waals surface area contributed by atoms with Crippen molar-refractivity contribution >= 4 is 29.2 Å². The van der Waals surface area contributed by atoms with E-state index < -0.39 is 5.91 Å². The van der Waals surface area contributed by atoms with Crippen LogP contribution in [0.25, 0.3) is 5.82 Å². The number of amides is 1. The molecule has 14 nitrogen and oxygen atoms in total. The molecule has 4 aromatic rings. The van der Waals surface area contributed by atoms with E-state index in [0.717, 1.165) is 5.56 Å². The minimum Gasteiger partial charge on any atom is -0.497 e. The fourth-order valence-electron chi connectivity index (χ4n) is 2.75. The highest BCUT2D eigenvalue weighted by Crippen LogP contribution is 2.24. The number of nitrogens with zero attached hydrogens (tertiary/aromatic N) is 9. The molecule has 170 valence electrons. The van der Waals surface area contributed by atoms with Crippen LogP contribution in [-0.4, -0.2) is 58.8 Å². The molecule has 3 aromatic heterocycles. The number of rotatable bonds is 8.